The van der Waals surface area contributed by atoms with Gasteiger partial charge in [0.05, 0.1) is 6.61 Å². The van der Waals surface area contributed by atoms with Crippen molar-refractivity contribution in [3.05, 3.63) is 41.5 Å². The van der Waals surface area contributed by atoms with E-state index in [1.807, 2.05) is 6.08 Å². The van der Waals surface area contributed by atoms with Gasteiger partial charge in [0.25, 0.3) is 0 Å². The highest BCUT2D eigenvalue weighted by Crippen LogP contribution is 2.65. The molecule has 34 heavy (non-hydrogen) atoms. The fraction of sp³-hybridized carbons (Fsp3) is 0.645. The van der Waals surface area contributed by atoms with Gasteiger partial charge in [-0.1, -0.05) is 37.5 Å². The first-order valence-electron chi connectivity index (χ1n) is 13.3. The molecule has 184 valence electrons. The number of terminal acetylenes is 1. The van der Waals surface area contributed by atoms with E-state index in [4.69, 9.17) is 4.74 Å². The van der Waals surface area contributed by atoms with Crippen molar-refractivity contribution in [2.75, 3.05) is 32.2 Å². The van der Waals surface area contributed by atoms with Crippen LogP contribution in [0.2, 0.25) is 0 Å². The van der Waals surface area contributed by atoms with E-state index in [9.17, 15) is 4.79 Å². The van der Waals surface area contributed by atoms with Crippen LogP contribution < -0.4 is 4.90 Å². The maximum absolute atomic E-state index is 12.2. The molecule has 0 radical (unpaired) electrons. The van der Waals surface area contributed by atoms with Crippen LogP contribution in [0.15, 0.2) is 35.9 Å². The normalized spacial score (nSPS) is 33.9. The highest BCUT2D eigenvalue weighted by atomic mass is 16.5. The Labute approximate surface area is 207 Å². The number of hydrogen-bond acceptors (Lipinski definition) is 3. The standard InChI is InChI=1S/C28H39NO2.C3H4/c1-28-14-13-23(30)18-21(28)9-12-25-24-6-4-5-20(24)17-26(27(25)28)19-7-10-22(11-8-19)29(2)15-16-31-3;1-3-2/h7-8,10-11,18,20,24-27H,4-6,9,12-17H2,1-3H3;1H,2H3. The van der Waals surface area contributed by atoms with Crippen LogP contribution in [0.5, 0.6) is 0 Å². The molecule has 0 aliphatic heterocycles. The van der Waals surface area contributed by atoms with Crippen LogP contribution in [0.25, 0.3) is 0 Å². The third-order valence-corrected chi connectivity index (χ3v) is 9.55. The van der Waals surface area contributed by atoms with Gasteiger partial charge in [0.2, 0.25) is 0 Å². The summed E-state index contributed by atoms with van der Waals surface area (Å²) in [5, 5.41) is 0. The van der Waals surface area contributed by atoms with Gasteiger partial charge < -0.3 is 9.64 Å². The van der Waals surface area contributed by atoms with Crippen LogP contribution in [0.4, 0.5) is 5.69 Å². The summed E-state index contributed by atoms with van der Waals surface area (Å²) in [6.07, 6.45) is 16.5. The molecule has 0 heterocycles. The van der Waals surface area contributed by atoms with E-state index in [-0.39, 0.29) is 5.41 Å². The second-order valence-electron chi connectivity index (χ2n) is 11.3. The third-order valence-electron chi connectivity index (χ3n) is 9.55. The van der Waals surface area contributed by atoms with Crippen LogP contribution in [0.1, 0.15) is 76.7 Å². The predicted octanol–water partition coefficient (Wildman–Crippen LogP) is 6.63. The number of methoxy groups -OCH3 is 1. The number of anilines is 1. The average Bonchev–Trinajstić information content (AvgIpc) is 3.32. The van der Waals surface area contributed by atoms with Crippen LogP contribution in [-0.2, 0) is 9.53 Å². The lowest BCUT2D eigenvalue weighted by molar-refractivity contribution is -0.117. The van der Waals surface area contributed by atoms with E-state index in [1.165, 1.54) is 48.9 Å². The number of hydrogen-bond donors (Lipinski definition) is 0. The average molecular weight is 462 g/mol. The van der Waals surface area contributed by atoms with E-state index >= 15 is 0 Å². The number of ketones is 1. The molecule has 4 aliphatic rings. The van der Waals surface area contributed by atoms with Gasteiger partial charge in [0.15, 0.2) is 5.78 Å². The van der Waals surface area contributed by atoms with Crippen molar-refractivity contribution in [2.45, 2.75) is 71.1 Å². The summed E-state index contributed by atoms with van der Waals surface area (Å²) in [4.78, 5) is 14.5. The number of allylic oxidation sites excluding steroid dienone is 1. The summed E-state index contributed by atoms with van der Waals surface area (Å²) in [7, 11) is 3.91. The van der Waals surface area contributed by atoms with Crippen molar-refractivity contribution in [3.8, 4) is 12.3 Å². The van der Waals surface area contributed by atoms with Crippen LogP contribution in [0, 0.1) is 41.4 Å². The number of fused-ring (bicyclic) bond motifs is 5. The molecule has 0 aromatic heterocycles. The highest BCUT2D eigenvalue weighted by Gasteiger charge is 2.56. The van der Waals surface area contributed by atoms with Crippen LogP contribution in [-0.4, -0.2) is 33.1 Å². The van der Waals surface area contributed by atoms with E-state index in [1.54, 1.807) is 14.0 Å². The van der Waals surface area contributed by atoms with Gasteiger partial charge in [-0.15, -0.1) is 12.3 Å². The fourth-order valence-electron chi connectivity index (χ4n) is 7.98. The Morgan fingerprint density at radius 2 is 1.88 bits per heavy atom. The maximum atomic E-state index is 12.2. The molecule has 6 unspecified atom stereocenters. The largest absolute Gasteiger partial charge is 0.383 e. The predicted molar refractivity (Wildman–Crippen MR) is 141 cm³/mol. The Balaban J connectivity index is 0.000000868. The Morgan fingerprint density at radius 3 is 2.59 bits per heavy atom. The second-order valence-corrected chi connectivity index (χ2v) is 11.3. The third kappa shape index (κ3) is 4.72. The minimum Gasteiger partial charge on any atom is -0.383 e. The SMILES string of the molecule is C#CC.COCCN(C)c1ccc(C2CC3CCCC3C3CCC4=CC(=O)CCC4(C)C23)cc1. The zero-order valence-corrected chi connectivity index (χ0v) is 21.7. The highest BCUT2D eigenvalue weighted by molar-refractivity contribution is 5.91. The lowest BCUT2D eigenvalue weighted by atomic mass is 9.46. The Hall–Kier alpha value is -2.05. The molecule has 3 nitrogen and oxygen atoms in total. The first kappa shape index (κ1) is 25.1. The van der Waals surface area contributed by atoms with Crippen molar-refractivity contribution >= 4 is 11.5 Å². The van der Waals surface area contributed by atoms with Gasteiger partial charge in [-0.05, 0) is 97.8 Å². The quantitative estimate of drug-likeness (QED) is 0.461. The van der Waals surface area contributed by atoms with Crippen LogP contribution in [0.3, 0.4) is 0 Å². The number of carbonyl (C=O) groups excluding carboxylic acids is 1. The Kier molecular flexibility index (Phi) is 7.88. The van der Waals surface area contributed by atoms with Crippen molar-refractivity contribution in [1.82, 2.24) is 0 Å². The molecular formula is C31H43NO2. The zero-order chi connectivity index (χ0) is 24.3. The van der Waals surface area contributed by atoms with Gasteiger partial charge >= 0.3 is 0 Å². The smallest absolute Gasteiger partial charge is 0.155 e. The number of carbonyl (C=O) groups is 1. The summed E-state index contributed by atoms with van der Waals surface area (Å²) >= 11 is 0. The topological polar surface area (TPSA) is 29.5 Å². The lowest BCUT2D eigenvalue weighted by Crippen LogP contribution is -2.50. The number of nitrogens with zero attached hydrogens (tertiary/aromatic N) is 1. The molecule has 6 atom stereocenters. The molecule has 0 bridgehead atoms. The Bertz CT molecular complexity index is 926. The first-order chi connectivity index (χ1) is 16.4. The molecule has 3 saturated carbocycles. The van der Waals surface area contributed by atoms with Gasteiger partial charge in [-0.2, -0.15) is 0 Å². The summed E-state index contributed by atoms with van der Waals surface area (Å²) in [5.74, 6) is 6.61. The maximum Gasteiger partial charge on any atom is 0.155 e. The molecule has 1 aromatic carbocycles. The van der Waals surface area contributed by atoms with Crippen molar-refractivity contribution < 1.29 is 9.53 Å². The van der Waals surface area contributed by atoms with Gasteiger partial charge in [0, 0.05) is 32.8 Å². The number of likely N-dealkylation sites (N-methyl/N-ethyl adjacent to an activating group) is 1. The van der Waals surface area contributed by atoms with Gasteiger partial charge in [0.1, 0.15) is 0 Å². The monoisotopic (exact) mass is 461 g/mol. The van der Waals surface area contributed by atoms with E-state index in [0.717, 1.165) is 50.2 Å². The summed E-state index contributed by atoms with van der Waals surface area (Å²) < 4.78 is 5.25. The minimum atomic E-state index is 0.211. The number of rotatable bonds is 5. The summed E-state index contributed by atoms with van der Waals surface area (Å²) in [6.45, 7) is 5.82. The van der Waals surface area contributed by atoms with E-state index in [2.05, 4.69) is 55.5 Å². The van der Waals surface area contributed by atoms with Gasteiger partial charge in [-0.25, -0.2) is 0 Å². The summed E-state index contributed by atoms with van der Waals surface area (Å²) in [5.41, 5.74) is 4.49. The lowest BCUT2D eigenvalue weighted by Gasteiger charge is -2.58. The number of ether oxygens (including phenoxy) is 1. The Morgan fingerprint density at radius 1 is 1.15 bits per heavy atom. The fourth-order valence-corrected chi connectivity index (χ4v) is 7.98. The van der Waals surface area contributed by atoms with E-state index < -0.39 is 0 Å². The molecule has 1 aromatic rings. The molecule has 0 amide bonds. The number of benzene rings is 1. The first-order valence-corrected chi connectivity index (χ1v) is 13.3. The molecule has 0 saturated heterocycles. The van der Waals surface area contributed by atoms with Crippen molar-refractivity contribution in [1.29, 1.82) is 0 Å². The van der Waals surface area contributed by atoms with Crippen molar-refractivity contribution in [3.63, 3.8) is 0 Å². The van der Waals surface area contributed by atoms with Crippen molar-refractivity contribution in [2.24, 2.45) is 29.1 Å². The zero-order valence-electron chi connectivity index (χ0n) is 21.7. The molecule has 3 heteroatoms. The molecule has 0 spiro atoms. The molecule has 3 fully saturated rings. The van der Waals surface area contributed by atoms with Gasteiger partial charge in [-0.3, -0.25) is 4.79 Å². The van der Waals surface area contributed by atoms with Crippen LogP contribution >= 0.6 is 0 Å². The summed E-state index contributed by atoms with van der Waals surface area (Å²) in [6, 6.07) is 9.44. The minimum absolute atomic E-state index is 0.211. The van der Waals surface area contributed by atoms with E-state index in [0.29, 0.717) is 17.6 Å². The second kappa shape index (κ2) is 10.7. The molecular weight excluding hydrogens is 418 g/mol. The molecule has 0 N–H and O–H groups in total. The molecule has 4 aliphatic carbocycles. The molecule has 5 rings (SSSR count).